The van der Waals surface area contributed by atoms with Crippen molar-refractivity contribution in [1.82, 2.24) is 10.6 Å². The van der Waals surface area contributed by atoms with Crippen LogP contribution in [0.4, 0.5) is 5.69 Å². The molecule has 3 aromatic carbocycles. The van der Waals surface area contributed by atoms with Crippen LogP contribution in [0.3, 0.4) is 0 Å². The number of nitrogens with one attached hydrogen (secondary N) is 2. The third-order valence-electron chi connectivity index (χ3n) is 5.95. The number of carbonyl (C=O) groups is 2. The van der Waals surface area contributed by atoms with E-state index in [-0.39, 0.29) is 11.8 Å². The van der Waals surface area contributed by atoms with Crippen LogP contribution in [0.1, 0.15) is 46.3 Å². The molecule has 1 fully saturated rings. The first kappa shape index (κ1) is 21.5. The Morgan fingerprint density at radius 1 is 1.03 bits per heavy atom. The fraction of sp³-hybridized carbons (Fsp3) is 0.222. The number of carbonyl (C=O) groups excluding carboxylic acids is 2. The molecule has 2 aliphatic rings. The smallest absolute Gasteiger partial charge is 0.252 e. The van der Waals surface area contributed by atoms with E-state index in [9.17, 15) is 9.59 Å². The molecule has 1 unspecified atom stereocenters. The molecular weight excluding hydrogens is 430 g/mol. The van der Waals surface area contributed by atoms with Crippen molar-refractivity contribution >= 4 is 35.0 Å². The SMILES string of the molecule is Cc1cccc(C2=Nc3cc(C(=O)NC4CCCCNC4=O)ccc3Sc3ccccc32)c1. The second-order valence-electron chi connectivity index (χ2n) is 8.42. The number of amides is 2. The number of aliphatic imine (C=N–C) groups is 1. The van der Waals surface area contributed by atoms with Crippen LogP contribution >= 0.6 is 11.8 Å². The van der Waals surface area contributed by atoms with Crippen molar-refractivity contribution in [1.29, 1.82) is 0 Å². The molecule has 2 aliphatic heterocycles. The summed E-state index contributed by atoms with van der Waals surface area (Å²) in [6.45, 7) is 2.74. The van der Waals surface area contributed by atoms with Crippen molar-refractivity contribution in [3.05, 3.63) is 89.0 Å². The Kier molecular flexibility index (Phi) is 6.01. The molecule has 1 atom stereocenters. The van der Waals surface area contributed by atoms with Crippen LogP contribution < -0.4 is 10.6 Å². The van der Waals surface area contributed by atoms with Gasteiger partial charge in [0.1, 0.15) is 6.04 Å². The molecule has 2 heterocycles. The maximum atomic E-state index is 13.0. The molecule has 0 aromatic heterocycles. The van der Waals surface area contributed by atoms with E-state index < -0.39 is 6.04 Å². The zero-order valence-corrected chi connectivity index (χ0v) is 19.2. The van der Waals surface area contributed by atoms with Gasteiger partial charge < -0.3 is 10.6 Å². The van der Waals surface area contributed by atoms with Crippen LogP contribution in [0.2, 0.25) is 0 Å². The largest absolute Gasteiger partial charge is 0.354 e. The van der Waals surface area contributed by atoms with Gasteiger partial charge in [0, 0.05) is 33.0 Å². The molecule has 166 valence electrons. The number of hydrogen-bond acceptors (Lipinski definition) is 4. The lowest BCUT2D eigenvalue weighted by Gasteiger charge is -2.15. The van der Waals surface area contributed by atoms with Crippen LogP contribution in [-0.4, -0.2) is 30.1 Å². The van der Waals surface area contributed by atoms with E-state index in [1.165, 1.54) is 5.56 Å². The molecule has 33 heavy (non-hydrogen) atoms. The van der Waals surface area contributed by atoms with E-state index in [1.54, 1.807) is 11.8 Å². The zero-order chi connectivity index (χ0) is 22.8. The minimum atomic E-state index is -0.496. The summed E-state index contributed by atoms with van der Waals surface area (Å²) in [5.74, 6) is -0.361. The lowest BCUT2D eigenvalue weighted by molar-refractivity contribution is -0.122. The summed E-state index contributed by atoms with van der Waals surface area (Å²) in [5, 5.41) is 5.78. The Morgan fingerprint density at radius 2 is 1.91 bits per heavy atom. The highest BCUT2D eigenvalue weighted by Crippen LogP contribution is 2.41. The number of nitrogens with zero attached hydrogens (tertiary/aromatic N) is 1. The molecule has 0 saturated carbocycles. The van der Waals surface area contributed by atoms with Gasteiger partial charge in [-0.15, -0.1) is 0 Å². The molecule has 0 radical (unpaired) electrons. The summed E-state index contributed by atoms with van der Waals surface area (Å²) < 4.78 is 0. The van der Waals surface area contributed by atoms with E-state index in [0.717, 1.165) is 45.2 Å². The molecule has 0 bridgehead atoms. The van der Waals surface area contributed by atoms with Crippen molar-refractivity contribution in [3.63, 3.8) is 0 Å². The Balaban J connectivity index is 1.52. The summed E-state index contributed by atoms with van der Waals surface area (Å²) in [6, 6.07) is 21.6. The minimum Gasteiger partial charge on any atom is -0.354 e. The van der Waals surface area contributed by atoms with Crippen molar-refractivity contribution < 1.29 is 9.59 Å². The van der Waals surface area contributed by atoms with Crippen molar-refractivity contribution in [2.75, 3.05) is 6.54 Å². The molecule has 0 spiro atoms. The third-order valence-corrected chi connectivity index (χ3v) is 7.09. The lowest BCUT2D eigenvalue weighted by Crippen LogP contribution is -2.45. The Bertz CT molecular complexity index is 1270. The Labute approximate surface area is 197 Å². The molecule has 5 nitrogen and oxygen atoms in total. The quantitative estimate of drug-likeness (QED) is 0.455. The van der Waals surface area contributed by atoms with Gasteiger partial charge >= 0.3 is 0 Å². The molecule has 5 rings (SSSR count). The predicted octanol–water partition coefficient (Wildman–Crippen LogP) is 5.03. The van der Waals surface area contributed by atoms with Crippen LogP contribution in [0.25, 0.3) is 0 Å². The minimum absolute atomic E-state index is 0.110. The molecule has 3 aromatic rings. The second-order valence-corrected chi connectivity index (χ2v) is 9.51. The van der Waals surface area contributed by atoms with Crippen LogP contribution in [-0.2, 0) is 4.79 Å². The number of benzene rings is 3. The summed E-state index contributed by atoms with van der Waals surface area (Å²) >= 11 is 1.65. The van der Waals surface area contributed by atoms with Crippen molar-refractivity contribution in [2.24, 2.45) is 4.99 Å². The van der Waals surface area contributed by atoms with Crippen molar-refractivity contribution in [3.8, 4) is 0 Å². The van der Waals surface area contributed by atoms with Gasteiger partial charge in [0.05, 0.1) is 11.4 Å². The predicted molar refractivity (Wildman–Crippen MR) is 132 cm³/mol. The highest BCUT2D eigenvalue weighted by atomic mass is 32.2. The van der Waals surface area contributed by atoms with E-state index in [0.29, 0.717) is 18.5 Å². The average Bonchev–Trinajstić information content (AvgIpc) is 3.12. The number of aryl methyl sites for hydroxylation is 1. The van der Waals surface area contributed by atoms with E-state index >= 15 is 0 Å². The molecule has 6 heteroatoms. The lowest BCUT2D eigenvalue weighted by atomic mass is 10.0. The van der Waals surface area contributed by atoms with Crippen molar-refractivity contribution in [2.45, 2.75) is 42.0 Å². The number of fused-ring (bicyclic) bond motifs is 2. The molecule has 1 saturated heterocycles. The van der Waals surface area contributed by atoms with Crippen LogP contribution in [0.5, 0.6) is 0 Å². The van der Waals surface area contributed by atoms with E-state index in [1.807, 2.05) is 36.4 Å². The molecule has 2 N–H and O–H groups in total. The highest BCUT2D eigenvalue weighted by Gasteiger charge is 2.24. The topological polar surface area (TPSA) is 70.6 Å². The Hall–Kier alpha value is -3.38. The van der Waals surface area contributed by atoms with Crippen LogP contribution in [0, 0.1) is 6.92 Å². The second kappa shape index (κ2) is 9.24. The summed E-state index contributed by atoms with van der Waals surface area (Å²) in [7, 11) is 0. The molecular formula is C27H25N3O2S. The number of hydrogen-bond donors (Lipinski definition) is 2. The maximum absolute atomic E-state index is 13.0. The standard InChI is InChI=1S/C27H25N3O2S/c1-17-7-6-8-18(15-17)25-20-9-2-3-11-23(20)33-24-13-12-19(16-22(24)29-25)26(31)30-21-10-4-5-14-28-27(21)32/h2-3,6-9,11-13,15-16,21H,4-5,10,14H2,1H3,(H,28,32)(H,30,31). The average molecular weight is 456 g/mol. The van der Waals surface area contributed by atoms with Gasteiger partial charge in [-0.2, -0.15) is 0 Å². The molecule has 0 aliphatic carbocycles. The van der Waals surface area contributed by atoms with Gasteiger partial charge in [0.2, 0.25) is 5.91 Å². The normalized spacial score (nSPS) is 17.5. The number of rotatable bonds is 3. The first-order valence-corrected chi connectivity index (χ1v) is 12.1. The molecule has 2 amide bonds. The summed E-state index contributed by atoms with van der Waals surface area (Å²) in [6.07, 6.45) is 2.50. The summed E-state index contributed by atoms with van der Waals surface area (Å²) in [4.78, 5) is 32.4. The van der Waals surface area contributed by atoms with Gasteiger partial charge in [-0.1, -0.05) is 53.7 Å². The first-order chi connectivity index (χ1) is 16.1. The maximum Gasteiger partial charge on any atom is 0.252 e. The Morgan fingerprint density at radius 3 is 2.79 bits per heavy atom. The fourth-order valence-electron chi connectivity index (χ4n) is 4.21. The van der Waals surface area contributed by atoms with E-state index in [2.05, 4.69) is 47.9 Å². The van der Waals surface area contributed by atoms with Gasteiger partial charge in [-0.25, -0.2) is 4.99 Å². The van der Waals surface area contributed by atoms with Gasteiger partial charge in [-0.3, -0.25) is 9.59 Å². The van der Waals surface area contributed by atoms with Gasteiger partial charge in [0.15, 0.2) is 0 Å². The summed E-state index contributed by atoms with van der Waals surface area (Å²) in [5.41, 5.74) is 5.43. The fourth-order valence-corrected chi connectivity index (χ4v) is 5.22. The van der Waals surface area contributed by atoms with E-state index in [4.69, 9.17) is 4.99 Å². The van der Waals surface area contributed by atoms with Gasteiger partial charge in [-0.05, 0) is 56.5 Å². The zero-order valence-electron chi connectivity index (χ0n) is 18.4. The van der Waals surface area contributed by atoms with Gasteiger partial charge in [0.25, 0.3) is 5.91 Å². The van der Waals surface area contributed by atoms with Crippen LogP contribution in [0.15, 0.2) is 81.5 Å². The highest BCUT2D eigenvalue weighted by molar-refractivity contribution is 7.99. The first-order valence-electron chi connectivity index (χ1n) is 11.2. The monoisotopic (exact) mass is 455 g/mol. The third kappa shape index (κ3) is 4.57.